The highest BCUT2D eigenvalue weighted by molar-refractivity contribution is 6.34. The molecule has 7 heteroatoms. The van der Waals surface area contributed by atoms with Gasteiger partial charge in [-0.3, -0.25) is 9.59 Å². The van der Waals surface area contributed by atoms with Gasteiger partial charge in [0.15, 0.2) is 0 Å². The SMILES string of the molecule is CNC(=O)c1ccc(NC(=O)c2c(C)nn(-c3ccccc3)c2Cl)cc1. The van der Waals surface area contributed by atoms with Crippen LogP contribution in [0.1, 0.15) is 26.4 Å². The number of aromatic nitrogens is 2. The average Bonchev–Trinajstić information content (AvgIpc) is 2.96. The smallest absolute Gasteiger partial charge is 0.260 e. The van der Waals surface area contributed by atoms with Gasteiger partial charge in [0.2, 0.25) is 0 Å². The fraction of sp³-hybridized carbons (Fsp3) is 0.105. The monoisotopic (exact) mass is 368 g/mol. The first-order chi connectivity index (χ1) is 12.5. The molecule has 1 heterocycles. The summed E-state index contributed by atoms with van der Waals surface area (Å²) < 4.78 is 1.53. The summed E-state index contributed by atoms with van der Waals surface area (Å²) in [7, 11) is 1.56. The molecule has 1 aromatic heterocycles. The van der Waals surface area contributed by atoms with Gasteiger partial charge in [-0.1, -0.05) is 29.8 Å². The average molecular weight is 369 g/mol. The van der Waals surface area contributed by atoms with E-state index in [1.165, 1.54) is 4.68 Å². The Labute approximate surface area is 155 Å². The lowest BCUT2D eigenvalue weighted by Gasteiger charge is -2.07. The van der Waals surface area contributed by atoms with E-state index in [2.05, 4.69) is 15.7 Å². The number of anilines is 1. The molecule has 0 bridgehead atoms. The van der Waals surface area contributed by atoms with E-state index in [1.54, 1.807) is 38.2 Å². The Morgan fingerprint density at radius 1 is 1.00 bits per heavy atom. The minimum Gasteiger partial charge on any atom is -0.355 e. The van der Waals surface area contributed by atoms with Crippen LogP contribution in [0.4, 0.5) is 5.69 Å². The van der Waals surface area contributed by atoms with Crippen molar-refractivity contribution in [2.75, 3.05) is 12.4 Å². The maximum Gasteiger partial charge on any atom is 0.260 e. The normalized spacial score (nSPS) is 10.4. The molecule has 2 aromatic carbocycles. The molecule has 0 spiro atoms. The second-order valence-corrected chi connectivity index (χ2v) is 5.97. The van der Waals surface area contributed by atoms with Crippen LogP contribution in [0.15, 0.2) is 54.6 Å². The van der Waals surface area contributed by atoms with E-state index in [1.807, 2.05) is 30.3 Å². The minimum atomic E-state index is -0.359. The highest BCUT2D eigenvalue weighted by Crippen LogP contribution is 2.24. The summed E-state index contributed by atoms with van der Waals surface area (Å²) in [6.07, 6.45) is 0. The largest absolute Gasteiger partial charge is 0.355 e. The van der Waals surface area contributed by atoms with Crippen LogP contribution in [0.3, 0.4) is 0 Å². The number of rotatable bonds is 4. The van der Waals surface area contributed by atoms with Crippen molar-refractivity contribution in [1.29, 1.82) is 0 Å². The van der Waals surface area contributed by atoms with E-state index in [9.17, 15) is 9.59 Å². The fourth-order valence-corrected chi connectivity index (χ4v) is 2.90. The predicted molar refractivity (Wildman–Crippen MR) is 101 cm³/mol. The number of para-hydroxylation sites is 1. The second kappa shape index (κ2) is 7.41. The van der Waals surface area contributed by atoms with Gasteiger partial charge in [0.05, 0.1) is 11.4 Å². The van der Waals surface area contributed by atoms with Crippen molar-refractivity contribution in [2.45, 2.75) is 6.92 Å². The van der Waals surface area contributed by atoms with Gasteiger partial charge in [-0.25, -0.2) is 4.68 Å². The van der Waals surface area contributed by atoms with Gasteiger partial charge in [0.1, 0.15) is 10.7 Å². The molecule has 0 radical (unpaired) electrons. The molecule has 0 aliphatic carbocycles. The molecular weight excluding hydrogens is 352 g/mol. The molecule has 0 unspecified atom stereocenters. The first kappa shape index (κ1) is 17.7. The first-order valence-corrected chi connectivity index (χ1v) is 8.33. The lowest BCUT2D eigenvalue weighted by molar-refractivity contribution is 0.0962. The number of nitrogens with one attached hydrogen (secondary N) is 2. The molecule has 132 valence electrons. The lowest BCUT2D eigenvalue weighted by atomic mass is 10.2. The highest BCUT2D eigenvalue weighted by atomic mass is 35.5. The van der Waals surface area contributed by atoms with Crippen LogP contribution in [0.5, 0.6) is 0 Å². The molecule has 0 saturated heterocycles. The lowest BCUT2D eigenvalue weighted by Crippen LogP contribution is -2.18. The Hall–Kier alpha value is -3.12. The quantitative estimate of drug-likeness (QED) is 0.740. The highest BCUT2D eigenvalue weighted by Gasteiger charge is 2.21. The van der Waals surface area contributed by atoms with Gasteiger partial charge >= 0.3 is 0 Å². The zero-order valence-corrected chi connectivity index (χ0v) is 15.0. The Balaban J connectivity index is 1.84. The van der Waals surface area contributed by atoms with Crippen molar-refractivity contribution in [3.05, 3.63) is 76.6 Å². The number of hydrogen-bond acceptors (Lipinski definition) is 3. The maximum atomic E-state index is 12.6. The number of aryl methyl sites for hydroxylation is 1. The van der Waals surface area contributed by atoms with Crippen LogP contribution in [0.25, 0.3) is 5.69 Å². The predicted octanol–water partition coefficient (Wildman–Crippen LogP) is 3.45. The second-order valence-electron chi connectivity index (χ2n) is 5.61. The molecule has 6 nitrogen and oxygen atoms in total. The standard InChI is InChI=1S/C19H17ClN4O2/c1-12-16(17(20)24(23-12)15-6-4-3-5-7-15)19(26)22-14-10-8-13(9-11-14)18(25)21-2/h3-11H,1-2H3,(H,21,25)(H,22,26). The van der Waals surface area contributed by atoms with Gasteiger partial charge in [-0.2, -0.15) is 5.10 Å². The van der Waals surface area contributed by atoms with Crippen molar-refractivity contribution in [3.8, 4) is 5.69 Å². The third kappa shape index (κ3) is 3.45. The van der Waals surface area contributed by atoms with Gasteiger partial charge in [-0.15, -0.1) is 0 Å². The van der Waals surface area contributed by atoms with Crippen LogP contribution >= 0.6 is 11.6 Å². The van der Waals surface area contributed by atoms with Crippen molar-refractivity contribution < 1.29 is 9.59 Å². The number of benzene rings is 2. The molecule has 26 heavy (non-hydrogen) atoms. The van der Waals surface area contributed by atoms with Crippen LogP contribution < -0.4 is 10.6 Å². The maximum absolute atomic E-state index is 12.6. The molecule has 2 N–H and O–H groups in total. The third-order valence-corrected chi connectivity index (χ3v) is 4.21. The van der Waals surface area contributed by atoms with E-state index in [-0.39, 0.29) is 17.0 Å². The molecule has 3 rings (SSSR count). The Morgan fingerprint density at radius 2 is 1.65 bits per heavy atom. The van der Waals surface area contributed by atoms with E-state index in [0.717, 1.165) is 5.69 Å². The molecule has 0 saturated carbocycles. The van der Waals surface area contributed by atoms with Crippen LogP contribution in [-0.2, 0) is 0 Å². The zero-order valence-electron chi connectivity index (χ0n) is 14.3. The number of carbonyl (C=O) groups is 2. The number of halogens is 1. The molecule has 0 atom stereocenters. The molecule has 0 fully saturated rings. The number of amides is 2. The fourth-order valence-electron chi connectivity index (χ4n) is 2.54. The molecular formula is C19H17ClN4O2. The summed E-state index contributed by atoms with van der Waals surface area (Å²) >= 11 is 6.40. The summed E-state index contributed by atoms with van der Waals surface area (Å²) in [6.45, 7) is 1.73. The summed E-state index contributed by atoms with van der Waals surface area (Å²) in [4.78, 5) is 24.2. The minimum absolute atomic E-state index is 0.189. The Bertz CT molecular complexity index is 950. The number of hydrogen-bond donors (Lipinski definition) is 2. The van der Waals surface area contributed by atoms with Gasteiger partial charge in [0.25, 0.3) is 11.8 Å². The van der Waals surface area contributed by atoms with E-state index in [4.69, 9.17) is 11.6 Å². The Morgan fingerprint density at radius 3 is 2.27 bits per heavy atom. The third-order valence-electron chi connectivity index (χ3n) is 3.86. The molecule has 2 amide bonds. The van der Waals surface area contributed by atoms with Crippen LogP contribution in [0, 0.1) is 6.92 Å². The zero-order chi connectivity index (χ0) is 18.7. The summed E-state index contributed by atoms with van der Waals surface area (Å²) in [5, 5.41) is 9.93. The van der Waals surface area contributed by atoms with Crippen molar-refractivity contribution in [1.82, 2.24) is 15.1 Å². The number of nitrogens with zero attached hydrogens (tertiary/aromatic N) is 2. The van der Waals surface area contributed by atoms with E-state index in [0.29, 0.717) is 22.5 Å². The van der Waals surface area contributed by atoms with Crippen LogP contribution in [0.2, 0.25) is 5.15 Å². The van der Waals surface area contributed by atoms with Crippen molar-refractivity contribution >= 4 is 29.1 Å². The van der Waals surface area contributed by atoms with Gasteiger partial charge in [-0.05, 0) is 43.3 Å². The van der Waals surface area contributed by atoms with Crippen LogP contribution in [-0.4, -0.2) is 28.6 Å². The van der Waals surface area contributed by atoms with Gasteiger partial charge in [0, 0.05) is 18.3 Å². The summed E-state index contributed by atoms with van der Waals surface area (Å²) in [5.74, 6) is -0.548. The van der Waals surface area contributed by atoms with E-state index >= 15 is 0 Å². The summed E-state index contributed by atoms with van der Waals surface area (Å²) in [6, 6.07) is 15.9. The first-order valence-electron chi connectivity index (χ1n) is 7.95. The van der Waals surface area contributed by atoms with Crippen molar-refractivity contribution in [3.63, 3.8) is 0 Å². The van der Waals surface area contributed by atoms with Crippen molar-refractivity contribution in [2.24, 2.45) is 0 Å². The Kier molecular flexibility index (Phi) is 5.04. The molecule has 3 aromatic rings. The molecule has 0 aliphatic heterocycles. The number of carbonyl (C=O) groups excluding carboxylic acids is 2. The topological polar surface area (TPSA) is 76.0 Å². The van der Waals surface area contributed by atoms with Gasteiger partial charge < -0.3 is 10.6 Å². The molecule has 0 aliphatic rings. The van der Waals surface area contributed by atoms with E-state index < -0.39 is 0 Å². The summed E-state index contributed by atoms with van der Waals surface area (Å²) in [5.41, 5.74) is 2.68.